The van der Waals surface area contributed by atoms with E-state index in [2.05, 4.69) is 78.7 Å². The molecule has 2 nitrogen and oxygen atoms in total. The highest BCUT2D eigenvalue weighted by molar-refractivity contribution is 5.75. The third-order valence-electron chi connectivity index (χ3n) is 4.09. The van der Waals surface area contributed by atoms with Gasteiger partial charge in [-0.15, -0.1) is 0 Å². The van der Waals surface area contributed by atoms with Crippen molar-refractivity contribution in [2.24, 2.45) is 0 Å². The normalized spacial score (nSPS) is 11.9. The molecule has 0 amide bonds. The van der Waals surface area contributed by atoms with Crippen molar-refractivity contribution in [3.63, 3.8) is 0 Å². The van der Waals surface area contributed by atoms with Gasteiger partial charge in [-0.1, -0.05) is 67.1 Å². The summed E-state index contributed by atoms with van der Waals surface area (Å²) in [5, 5.41) is 3.62. The first-order chi connectivity index (χ1) is 11.3. The van der Waals surface area contributed by atoms with Gasteiger partial charge in [0.05, 0.1) is 6.04 Å². The average Bonchev–Trinajstić information content (AvgIpc) is 2.62. The number of aryl methyl sites for hydroxylation is 1. The van der Waals surface area contributed by atoms with Crippen LogP contribution < -0.4 is 5.32 Å². The van der Waals surface area contributed by atoms with Gasteiger partial charge in [-0.3, -0.25) is 0 Å². The van der Waals surface area contributed by atoms with Crippen LogP contribution in [0.4, 0.5) is 5.82 Å². The predicted molar refractivity (Wildman–Crippen MR) is 97.5 cm³/mol. The Morgan fingerprint density at radius 1 is 0.913 bits per heavy atom. The van der Waals surface area contributed by atoms with Gasteiger partial charge < -0.3 is 5.32 Å². The van der Waals surface area contributed by atoms with E-state index in [4.69, 9.17) is 0 Å². The van der Waals surface area contributed by atoms with Crippen LogP contribution in [0.3, 0.4) is 0 Å². The van der Waals surface area contributed by atoms with Crippen molar-refractivity contribution in [2.75, 3.05) is 5.32 Å². The second-order valence-corrected chi connectivity index (χ2v) is 5.78. The lowest BCUT2D eigenvalue weighted by Gasteiger charge is -2.20. The molecule has 0 saturated heterocycles. The summed E-state index contributed by atoms with van der Waals surface area (Å²) in [5.41, 5.74) is 4.90. The molecule has 2 aromatic carbocycles. The molecule has 0 saturated carbocycles. The monoisotopic (exact) mass is 302 g/mol. The van der Waals surface area contributed by atoms with Gasteiger partial charge in [0.25, 0.3) is 0 Å². The zero-order chi connectivity index (χ0) is 16.1. The van der Waals surface area contributed by atoms with Crippen LogP contribution in [0.1, 0.15) is 30.5 Å². The number of benzene rings is 2. The Bertz CT molecular complexity index is 748. The molecular weight excluding hydrogens is 280 g/mol. The zero-order valence-corrected chi connectivity index (χ0v) is 13.7. The van der Waals surface area contributed by atoms with Crippen LogP contribution in [0.15, 0.2) is 72.9 Å². The van der Waals surface area contributed by atoms with Gasteiger partial charge in [-0.05, 0) is 36.6 Å². The van der Waals surface area contributed by atoms with E-state index in [1.807, 2.05) is 18.3 Å². The van der Waals surface area contributed by atoms with Gasteiger partial charge in [0.15, 0.2) is 0 Å². The number of anilines is 1. The zero-order valence-electron chi connectivity index (χ0n) is 13.7. The Kier molecular flexibility index (Phi) is 4.72. The lowest BCUT2D eigenvalue weighted by Crippen LogP contribution is -2.11. The van der Waals surface area contributed by atoms with E-state index in [0.29, 0.717) is 0 Å². The molecular formula is C21H22N2. The minimum absolute atomic E-state index is 0.257. The molecule has 23 heavy (non-hydrogen) atoms. The molecule has 0 aliphatic carbocycles. The van der Waals surface area contributed by atoms with Crippen molar-refractivity contribution in [1.82, 2.24) is 4.98 Å². The molecule has 0 bridgehead atoms. The van der Waals surface area contributed by atoms with Gasteiger partial charge >= 0.3 is 0 Å². The summed E-state index contributed by atoms with van der Waals surface area (Å²) in [4.78, 5) is 4.57. The van der Waals surface area contributed by atoms with Crippen molar-refractivity contribution in [2.45, 2.75) is 26.3 Å². The number of pyridine rings is 1. The van der Waals surface area contributed by atoms with Gasteiger partial charge in [0.1, 0.15) is 5.82 Å². The van der Waals surface area contributed by atoms with E-state index >= 15 is 0 Å². The quantitative estimate of drug-likeness (QED) is 0.661. The van der Waals surface area contributed by atoms with Crippen molar-refractivity contribution < 1.29 is 0 Å². The van der Waals surface area contributed by atoms with Crippen LogP contribution in [0, 0.1) is 6.92 Å². The highest BCUT2D eigenvalue weighted by atomic mass is 15.0. The van der Waals surface area contributed by atoms with E-state index in [0.717, 1.165) is 17.8 Å². The molecule has 3 aromatic rings. The molecule has 0 aliphatic heterocycles. The molecule has 2 heteroatoms. The number of nitrogens with zero attached hydrogens (tertiary/aromatic N) is 1. The Labute approximate surface area is 138 Å². The molecule has 3 rings (SSSR count). The lowest BCUT2D eigenvalue weighted by atomic mass is 10.0. The predicted octanol–water partition coefficient (Wildman–Crippen LogP) is 5.62. The molecule has 0 radical (unpaired) electrons. The molecule has 116 valence electrons. The highest BCUT2D eigenvalue weighted by Gasteiger charge is 2.13. The average molecular weight is 302 g/mol. The van der Waals surface area contributed by atoms with Crippen molar-refractivity contribution in [3.8, 4) is 11.1 Å². The molecule has 1 heterocycles. The van der Waals surface area contributed by atoms with E-state index < -0.39 is 0 Å². The van der Waals surface area contributed by atoms with E-state index in [-0.39, 0.29) is 6.04 Å². The van der Waals surface area contributed by atoms with Crippen molar-refractivity contribution in [3.05, 3.63) is 84.1 Å². The van der Waals surface area contributed by atoms with Crippen LogP contribution in [0.25, 0.3) is 11.1 Å². The second-order valence-electron chi connectivity index (χ2n) is 5.78. The summed E-state index contributed by atoms with van der Waals surface area (Å²) in [5.74, 6) is 0.936. The second kappa shape index (κ2) is 7.10. The first-order valence-corrected chi connectivity index (χ1v) is 8.11. The fraction of sp³-hybridized carbons (Fsp3) is 0.190. The Morgan fingerprint density at radius 3 is 2.35 bits per heavy atom. The summed E-state index contributed by atoms with van der Waals surface area (Å²) in [6, 6.07) is 23.5. The van der Waals surface area contributed by atoms with Gasteiger partial charge in [0.2, 0.25) is 0 Å². The summed E-state index contributed by atoms with van der Waals surface area (Å²) in [6.07, 6.45) is 2.85. The third kappa shape index (κ3) is 3.59. The SMILES string of the molecule is CCC(Nc1ncccc1-c1ccccc1)c1ccc(C)cc1. The number of rotatable bonds is 5. The van der Waals surface area contributed by atoms with Gasteiger partial charge in [-0.25, -0.2) is 4.98 Å². The molecule has 0 spiro atoms. The van der Waals surface area contributed by atoms with Crippen molar-refractivity contribution in [1.29, 1.82) is 0 Å². The van der Waals surface area contributed by atoms with Crippen molar-refractivity contribution >= 4 is 5.82 Å². The first-order valence-electron chi connectivity index (χ1n) is 8.11. The van der Waals surface area contributed by atoms with Crippen LogP contribution in [-0.2, 0) is 0 Å². The summed E-state index contributed by atoms with van der Waals surface area (Å²) >= 11 is 0. The van der Waals surface area contributed by atoms with E-state index in [1.54, 1.807) is 0 Å². The van der Waals surface area contributed by atoms with E-state index in [1.165, 1.54) is 16.7 Å². The summed E-state index contributed by atoms with van der Waals surface area (Å²) in [6.45, 7) is 4.31. The van der Waals surface area contributed by atoms with Crippen LogP contribution in [0.5, 0.6) is 0 Å². The topological polar surface area (TPSA) is 24.9 Å². The van der Waals surface area contributed by atoms with Gasteiger partial charge in [-0.2, -0.15) is 0 Å². The maximum Gasteiger partial charge on any atom is 0.134 e. The third-order valence-corrected chi connectivity index (χ3v) is 4.09. The van der Waals surface area contributed by atoms with Crippen LogP contribution in [-0.4, -0.2) is 4.98 Å². The fourth-order valence-corrected chi connectivity index (χ4v) is 2.76. The van der Waals surface area contributed by atoms with Crippen LogP contribution in [0.2, 0.25) is 0 Å². The fourth-order valence-electron chi connectivity index (χ4n) is 2.76. The Morgan fingerprint density at radius 2 is 1.65 bits per heavy atom. The molecule has 1 aromatic heterocycles. The number of aromatic nitrogens is 1. The smallest absolute Gasteiger partial charge is 0.134 e. The standard InChI is InChI=1S/C21H22N2/c1-3-20(18-13-11-16(2)12-14-18)23-21-19(10-7-15-22-21)17-8-5-4-6-9-17/h4-15,20H,3H2,1-2H3,(H,22,23). The van der Waals surface area contributed by atoms with E-state index in [9.17, 15) is 0 Å². The summed E-state index contributed by atoms with van der Waals surface area (Å²) < 4.78 is 0. The summed E-state index contributed by atoms with van der Waals surface area (Å²) in [7, 11) is 0. The largest absolute Gasteiger partial charge is 0.363 e. The molecule has 1 atom stereocenters. The minimum Gasteiger partial charge on any atom is -0.363 e. The molecule has 1 N–H and O–H groups in total. The Hall–Kier alpha value is -2.61. The van der Waals surface area contributed by atoms with Crippen LogP contribution >= 0.6 is 0 Å². The maximum absolute atomic E-state index is 4.57. The number of hydrogen-bond acceptors (Lipinski definition) is 2. The molecule has 0 fully saturated rings. The number of hydrogen-bond donors (Lipinski definition) is 1. The maximum atomic E-state index is 4.57. The Balaban J connectivity index is 1.91. The first kappa shape index (κ1) is 15.3. The minimum atomic E-state index is 0.257. The highest BCUT2D eigenvalue weighted by Crippen LogP contribution is 2.29. The van der Waals surface area contributed by atoms with Gasteiger partial charge in [0, 0.05) is 11.8 Å². The molecule has 0 aliphatic rings. The lowest BCUT2D eigenvalue weighted by molar-refractivity contribution is 0.745. The number of nitrogens with one attached hydrogen (secondary N) is 1. The molecule has 1 unspecified atom stereocenters.